The summed E-state index contributed by atoms with van der Waals surface area (Å²) >= 11 is 0. The van der Waals surface area contributed by atoms with Crippen LogP contribution in [0.4, 0.5) is 17.6 Å². The molecule has 2 aromatic carbocycles. The van der Waals surface area contributed by atoms with Crippen LogP contribution in [-0.2, 0) is 0 Å². The molecule has 1 saturated carbocycles. The molecule has 1 fully saturated rings. The maximum atomic E-state index is 10.9. The fourth-order valence-corrected chi connectivity index (χ4v) is 4.31. The molecule has 2 aromatic heterocycles. The molecule has 0 aliphatic heterocycles. The fourth-order valence-electron chi connectivity index (χ4n) is 4.31. The molecule has 2 heterocycles. The number of rotatable bonds is 8. The molecule has 0 radical (unpaired) electrons. The summed E-state index contributed by atoms with van der Waals surface area (Å²) in [6.45, 7) is 0.393. The molecule has 0 bridgehead atoms. The van der Waals surface area contributed by atoms with Crippen LogP contribution in [0.3, 0.4) is 0 Å². The van der Waals surface area contributed by atoms with Crippen molar-refractivity contribution in [1.82, 2.24) is 19.9 Å². The van der Waals surface area contributed by atoms with Crippen LogP contribution in [0.2, 0.25) is 0 Å². The molecule has 1 aliphatic rings. The molecule has 9 nitrogen and oxygen atoms in total. The van der Waals surface area contributed by atoms with Crippen molar-refractivity contribution in [2.45, 2.75) is 37.7 Å². The zero-order chi connectivity index (χ0) is 24.1. The summed E-state index contributed by atoms with van der Waals surface area (Å²) in [5.41, 5.74) is 1.66. The smallest absolute Gasteiger partial charge is 0.232 e. The summed E-state index contributed by atoms with van der Waals surface area (Å²) in [6, 6.07) is 15.4. The van der Waals surface area contributed by atoms with E-state index in [-0.39, 0.29) is 0 Å². The zero-order valence-electron chi connectivity index (χ0n) is 19.6. The van der Waals surface area contributed by atoms with E-state index >= 15 is 0 Å². The van der Waals surface area contributed by atoms with Gasteiger partial charge in [-0.05, 0) is 25.0 Å². The highest BCUT2D eigenvalue weighted by atomic mass is 16.5. The van der Waals surface area contributed by atoms with Crippen molar-refractivity contribution in [1.29, 1.82) is 0 Å². The minimum Gasteiger partial charge on any atom is -0.496 e. The Bertz CT molecular complexity index is 1260. The monoisotopic (exact) mass is 472 g/mol. The fraction of sp³-hybridized carbons (Fsp3) is 0.308. The Labute approximate surface area is 203 Å². The lowest BCUT2D eigenvalue weighted by molar-refractivity contribution is 0.0166. The molecule has 35 heavy (non-hydrogen) atoms. The van der Waals surface area contributed by atoms with Crippen molar-refractivity contribution in [2.24, 2.45) is 0 Å². The predicted molar refractivity (Wildman–Crippen MR) is 134 cm³/mol. The number of aliphatic hydroxyl groups is 1. The van der Waals surface area contributed by atoms with E-state index in [4.69, 9.17) is 9.15 Å². The molecular formula is C26H28N6O3. The van der Waals surface area contributed by atoms with Crippen molar-refractivity contribution >= 4 is 17.6 Å². The van der Waals surface area contributed by atoms with Crippen molar-refractivity contribution in [2.75, 3.05) is 24.3 Å². The van der Waals surface area contributed by atoms with Crippen LogP contribution in [0.15, 0.2) is 65.5 Å². The van der Waals surface area contributed by atoms with E-state index in [9.17, 15) is 5.11 Å². The quantitative estimate of drug-likeness (QED) is 0.323. The topological polar surface area (TPSA) is 118 Å². The Balaban J connectivity index is 1.43. The average molecular weight is 473 g/mol. The lowest BCUT2D eigenvalue weighted by Gasteiger charge is -2.32. The lowest BCUT2D eigenvalue weighted by Crippen LogP contribution is -2.39. The highest BCUT2D eigenvalue weighted by Crippen LogP contribution is 2.33. The van der Waals surface area contributed by atoms with Gasteiger partial charge in [0.2, 0.25) is 11.9 Å². The third kappa shape index (κ3) is 5.41. The van der Waals surface area contributed by atoms with E-state index < -0.39 is 5.60 Å². The van der Waals surface area contributed by atoms with Gasteiger partial charge in [-0.2, -0.15) is 15.0 Å². The number of hydrogen-bond acceptors (Lipinski definition) is 9. The van der Waals surface area contributed by atoms with Crippen molar-refractivity contribution in [3.63, 3.8) is 0 Å². The van der Waals surface area contributed by atoms with E-state index in [1.165, 1.54) is 12.8 Å². The molecule has 0 amide bonds. The summed E-state index contributed by atoms with van der Waals surface area (Å²) in [5.74, 6) is 2.57. The number of benzene rings is 2. The van der Waals surface area contributed by atoms with E-state index in [1.807, 2.05) is 48.5 Å². The number of ether oxygens (including phenoxy) is 1. The van der Waals surface area contributed by atoms with Gasteiger partial charge in [0.25, 0.3) is 0 Å². The minimum absolute atomic E-state index is 0.381. The second-order valence-corrected chi connectivity index (χ2v) is 8.72. The summed E-state index contributed by atoms with van der Waals surface area (Å²) in [7, 11) is 1.60. The molecule has 9 heteroatoms. The number of nitrogens with one attached hydrogen (secondary N) is 2. The number of methoxy groups -OCH3 is 1. The van der Waals surface area contributed by atoms with E-state index in [1.54, 1.807) is 13.3 Å². The summed E-state index contributed by atoms with van der Waals surface area (Å²) < 4.78 is 11.0. The van der Waals surface area contributed by atoms with Crippen LogP contribution in [0, 0.1) is 0 Å². The van der Waals surface area contributed by atoms with Gasteiger partial charge in [0, 0.05) is 23.9 Å². The molecular weight excluding hydrogens is 444 g/mol. The molecule has 0 atom stereocenters. The summed E-state index contributed by atoms with van der Waals surface area (Å²) in [6.07, 6.45) is 7.81. The predicted octanol–water partition coefficient (Wildman–Crippen LogP) is 5.05. The molecule has 0 spiro atoms. The first-order valence-electron chi connectivity index (χ1n) is 11.7. The van der Waals surface area contributed by atoms with Gasteiger partial charge in [0.15, 0.2) is 18.0 Å². The van der Waals surface area contributed by atoms with Gasteiger partial charge >= 0.3 is 0 Å². The van der Waals surface area contributed by atoms with Crippen molar-refractivity contribution in [3.05, 3.63) is 61.1 Å². The number of oxazole rings is 1. The largest absolute Gasteiger partial charge is 0.496 e. The van der Waals surface area contributed by atoms with Crippen LogP contribution in [0.25, 0.3) is 22.7 Å². The van der Waals surface area contributed by atoms with Crippen LogP contribution in [-0.4, -0.2) is 44.3 Å². The summed E-state index contributed by atoms with van der Waals surface area (Å²) in [4.78, 5) is 17.8. The highest BCUT2D eigenvalue weighted by Gasteiger charge is 2.29. The number of aromatic nitrogens is 4. The molecule has 1 aliphatic carbocycles. The standard InChI is InChI=1S/C26H28N6O3/c1-34-21-14-19(10-11-20(21)22-15-27-17-35-22)29-25-31-23(18-8-4-2-5-9-18)30-24(32-25)28-16-26(33)12-6-3-7-13-26/h2,4-5,8-11,14-15,17,33H,3,6-7,12-13,16H2,1H3,(H2,28,29,30,31,32). The van der Waals surface area contributed by atoms with Crippen LogP contribution in [0.1, 0.15) is 32.1 Å². The van der Waals surface area contributed by atoms with Crippen LogP contribution in [0.5, 0.6) is 5.75 Å². The van der Waals surface area contributed by atoms with Gasteiger partial charge in [-0.1, -0.05) is 49.6 Å². The van der Waals surface area contributed by atoms with E-state index in [2.05, 4.69) is 30.6 Å². The Morgan fingerprint density at radius 3 is 2.54 bits per heavy atom. The van der Waals surface area contributed by atoms with Crippen molar-refractivity contribution < 1.29 is 14.3 Å². The zero-order valence-corrected chi connectivity index (χ0v) is 19.6. The number of nitrogens with zero attached hydrogens (tertiary/aromatic N) is 4. The lowest BCUT2D eigenvalue weighted by atomic mass is 9.85. The third-order valence-corrected chi connectivity index (χ3v) is 6.18. The maximum Gasteiger partial charge on any atom is 0.232 e. The Kier molecular flexibility index (Phi) is 6.58. The maximum absolute atomic E-state index is 10.9. The number of hydrogen-bond donors (Lipinski definition) is 3. The van der Waals surface area contributed by atoms with Gasteiger partial charge in [-0.3, -0.25) is 0 Å². The van der Waals surface area contributed by atoms with Crippen LogP contribution >= 0.6 is 0 Å². The first-order chi connectivity index (χ1) is 17.1. The Morgan fingerprint density at radius 2 is 1.80 bits per heavy atom. The molecule has 3 N–H and O–H groups in total. The second kappa shape index (κ2) is 10.1. The van der Waals surface area contributed by atoms with Gasteiger partial charge < -0.3 is 24.9 Å². The van der Waals surface area contributed by atoms with E-state index in [0.29, 0.717) is 35.8 Å². The first kappa shape index (κ1) is 22.8. The van der Waals surface area contributed by atoms with Gasteiger partial charge in [0.05, 0.1) is 24.5 Å². The third-order valence-electron chi connectivity index (χ3n) is 6.18. The van der Waals surface area contributed by atoms with Crippen LogP contribution < -0.4 is 15.4 Å². The van der Waals surface area contributed by atoms with Gasteiger partial charge in [-0.15, -0.1) is 0 Å². The average Bonchev–Trinajstić information content (AvgIpc) is 3.43. The minimum atomic E-state index is -0.741. The molecule has 4 aromatic rings. The second-order valence-electron chi connectivity index (χ2n) is 8.72. The first-order valence-corrected chi connectivity index (χ1v) is 11.7. The van der Waals surface area contributed by atoms with Crippen molar-refractivity contribution in [3.8, 4) is 28.5 Å². The van der Waals surface area contributed by atoms with Gasteiger partial charge in [-0.25, -0.2) is 4.98 Å². The highest BCUT2D eigenvalue weighted by molar-refractivity contribution is 5.71. The molecule has 5 rings (SSSR count). The SMILES string of the molecule is COc1cc(Nc2nc(NCC3(O)CCCCC3)nc(-c3ccccc3)n2)ccc1-c1cnco1. The Morgan fingerprint density at radius 1 is 1.00 bits per heavy atom. The summed E-state index contributed by atoms with van der Waals surface area (Å²) in [5, 5.41) is 17.4. The Hall–Kier alpha value is -3.98. The number of anilines is 3. The molecule has 0 unspecified atom stereocenters. The molecule has 180 valence electrons. The van der Waals surface area contributed by atoms with E-state index in [0.717, 1.165) is 42.5 Å². The molecule has 0 saturated heterocycles. The van der Waals surface area contributed by atoms with Gasteiger partial charge in [0.1, 0.15) is 5.75 Å². The normalized spacial score (nSPS) is 14.9.